The van der Waals surface area contributed by atoms with Crippen LogP contribution in [0.3, 0.4) is 0 Å². The SMILES string of the molecule is C/C=C1/C=CC(=O)C=C1Oc1cc(O)ccc1C. The van der Waals surface area contributed by atoms with Crippen molar-refractivity contribution < 1.29 is 14.6 Å². The second kappa shape index (κ2) is 4.92. The fourth-order valence-electron chi connectivity index (χ4n) is 1.66. The van der Waals surface area contributed by atoms with E-state index in [-0.39, 0.29) is 11.5 Å². The molecule has 0 atom stereocenters. The predicted molar refractivity (Wildman–Crippen MR) is 69.5 cm³/mol. The van der Waals surface area contributed by atoms with Gasteiger partial charge in [0, 0.05) is 17.7 Å². The van der Waals surface area contributed by atoms with Gasteiger partial charge in [0.25, 0.3) is 0 Å². The van der Waals surface area contributed by atoms with Crippen molar-refractivity contribution in [2.75, 3.05) is 0 Å². The van der Waals surface area contributed by atoms with Gasteiger partial charge in [0.2, 0.25) is 0 Å². The quantitative estimate of drug-likeness (QED) is 0.867. The summed E-state index contributed by atoms with van der Waals surface area (Å²) in [7, 11) is 0. The van der Waals surface area contributed by atoms with Gasteiger partial charge in [0.05, 0.1) is 0 Å². The first-order valence-corrected chi connectivity index (χ1v) is 5.68. The smallest absolute Gasteiger partial charge is 0.182 e. The van der Waals surface area contributed by atoms with Crippen LogP contribution in [0.2, 0.25) is 0 Å². The van der Waals surface area contributed by atoms with Crippen molar-refractivity contribution in [2.24, 2.45) is 0 Å². The maximum Gasteiger partial charge on any atom is 0.182 e. The summed E-state index contributed by atoms with van der Waals surface area (Å²) in [5.74, 6) is 1.08. The number of allylic oxidation sites excluding steroid dienone is 4. The molecule has 0 spiro atoms. The third kappa shape index (κ3) is 2.51. The Kier molecular flexibility index (Phi) is 3.33. The van der Waals surface area contributed by atoms with E-state index in [0.717, 1.165) is 11.1 Å². The molecule has 0 heterocycles. The van der Waals surface area contributed by atoms with Gasteiger partial charge < -0.3 is 9.84 Å². The first kappa shape index (κ1) is 12.2. The summed E-state index contributed by atoms with van der Waals surface area (Å²) in [5.41, 5.74) is 1.74. The minimum Gasteiger partial charge on any atom is -0.508 e. The monoisotopic (exact) mass is 242 g/mol. The van der Waals surface area contributed by atoms with Gasteiger partial charge in [-0.05, 0) is 37.6 Å². The van der Waals surface area contributed by atoms with Gasteiger partial charge in [-0.1, -0.05) is 12.1 Å². The van der Waals surface area contributed by atoms with E-state index >= 15 is 0 Å². The fourth-order valence-corrected chi connectivity index (χ4v) is 1.66. The molecule has 0 saturated carbocycles. The van der Waals surface area contributed by atoms with Gasteiger partial charge in [0.15, 0.2) is 5.78 Å². The number of phenolic OH excluding ortho intramolecular Hbond substituents is 1. The highest BCUT2D eigenvalue weighted by atomic mass is 16.5. The highest BCUT2D eigenvalue weighted by Gasteiger charge is 2.13. The Morgan fingerprint density at radius 2 is 2.06 bits per heavy atom. The molecule has 0 fully saturated rings. The second-order valence-electron chi connectivity index (χ2n) is 4.04. The molecule has 1 aromatic rings. The van der Waals surface area contributed by atoms with Crippen molar-refractivity contribution in [3.63, 3.8) is 0 Å². The van der Waals surface area contributed by atoms with E-state index in [1.165, 1.54) is 18.2 Å². The lowest BCUT2D eigenvalue weighted by Crippen LogP contribution is -2.06. The summed E-state index contributed by atoms with van der Waals surface area (Å²) >= 11 is 0. The van der Waals surface area contributed by atoms with Crippen LogP contribution in [0, 0.1) is 6.92 Å². The highest BCUT2D eigenvalue weighted by Crippen LogP contribution is 2.28. The molecule has 0 bridgehead atoms. The average molecular weight is 242 g/mol. The Balaban J connectivity index is 2.33. The van der Waals surface area contributed by atoms with E-state index in [2.05, 4.69) is 0 Å². The number of rotatable bonds is 2. The minimum atomic E-state index is -0.103. The number of ketones is 1. The van der Waals surface area contributed by atoms with Gasteiger partial charge in [-0.2, -0.15) is 0 Å². The molecule has 1 N–H and O–H groups in total. The van der Waals surface area contributed by atoms with Crippen molar-refractivity contribution in [3.05, 3.63) is 59.4 Å². The Bertz CT molecular complexity index is 577. The zero-order valence-electron chi connectivity index (χ0n) is 10.3. The lowest BCUT2D eigenvalue weighted by Gasteiger charge is -2.15. The number of aryl methyl sites for hydroxylation is 1. The van der Waals surface area contributed by atoms with Crippen molar-refractivity contribution in [2.45, 2.75) is 13.8 Å². The van der Waals surface area contributed by atoms with Gasteiger partial charge in [-0.15, -0.1) is 0 Å². The topological polar surface area (TPSA) is 46.5 Å². The molecule has 0 aromatic heterocycles. The second-order valence-corrected chi connectivity index (χ2v) is 4.04. The zero-order chi connectivity index (χ0) is 13.1. The number of benzene rings is 1. The number of carbonyl (C=O) groups excluding carboxylic acids is 1. The van der Waals surface area contributed by atoms with E-state index in [1.54, 1.807) is 18.2 Å². The number of aromatic hydroxyl groups is 1. The maximum absolute atomic E-state index is 11.4. The fraction of sp³-hybridized carbons (Fsp3) is 0.133. The van der Waals surface area contributed by atoms with Crippen LogP contribution in [0.5, 0.6) is 11.5 Å². The Labute approximate surface area is 106 Å². The largest absolute Gasteiger partial charge is 0.508 e. The van der Waals surface area contributed by atoms with Crippen LogP contribution in [-0.4, -0.2) is 10.9 Å². The summed E-state index contributed by atoms with van der Waals surface area (Å²) < 4.78 is 5.70. The molecule has 2 rings (SSSR count). The lowest BCUT2D eigenvalue weighted by atomic mass is 10.1. The minimum absolute atomic E-state index is 0.103. The van der Waals surface area contributed by atoms with E-state index in [4.69, 9.17) is 4.74 Å². The first-order valence-electron chi connectivity index (χ1n) is 5.68. The van der Waals surface area contributed by atoms with Crippen LogP contribution in [0.4, 0.5) is 0 Å². The van der Waals surface area contributed by atoms with Crippen LogP contribution in [0.25, 0.3) is 0 Å². The number of carbonyl (C=O) groups is 1. The Morgan fingerprint density at radius 1 is 1.28 bits per heavy atom. The molecule has 18 heavy (non-hydrogen) atoms. The molecule has 1 aromatic carbocycles. The van der Waals surface area contributed by atoms with Crippen molar-refractivity contribution >= 4 is 5.78 Å². The van der Waals surface area contributed by atoms with Crippen molar-refractivity contribution in [1.29, 1.82) is 0 Å². The van der Waals surface area contributed by atoms with Crippen molar-refractivity contribution in [3.8, 4) is 11.5 Å². The molecule has 0 saturated heterocycles. The van der Waals surface area contributed by atoms with Crippen LogP contribution in [0.15, 0.2) is 53.8 Å². The number of hydrogen-bond donors (Lipinski definition) is 1. The summed E-state index contributed by atoms with van der Waals surface area (Å²) in [4.78, 5) is 11.4. The molecular weight excluding hydrogens is 228 g/mol. The average Bonchev–Trinajstić information content (AvgIpc) is 2.34. The summed E-state index contributed by atoms with van der Waals surface area (Å²) in [6, 6.07) is 4.90. The van der Waals surface area contributed by atoms with E-state index in [9.17, 15) is 9.90 Å². The number of ether oxygens (including phenoxy) is 1. The predicted octanol–water partition coefficient (Wildman–Crippen LogP) is 3.05. The van der Waals surface area contributed by atoms with Gasteiger partial charge >= 0.3 is 0 Å². The van der Waals surface area contributed by atoms with Gasteiger partial charge in [-0.3, -0.25) is 4.79 Å². The molecule has 0 aliphatic heterocycles. The molecular formula is C15H14O3. The van der Waals surface area contributed by atoms with E-state index in [1.807, 2.05) is 19.9 Å². The molecule has 1 aliphatic carbocycles. The third-order valence-corrected chi connectivity index (χ3v) is 2.69. The lowest BCUT2D eigenvalue weighted by molar-refractivity contribution is -0.110. The standard InChI is InChI=1S/C15H14O3/c1-3-11-5-7-13(17)9-15(11)18-14-8-12(16)6-4-10(14)2/h3-9,16H,1-2H3/b11-3-. The Hall–Kier alpha value is -2.29. The molecule has 3 nitrogen and oxygen atoms in total. The first-order chi connectivity index (χ1) is 8.60. The van der Waals surface area contributed by atoms with E-state index in [0.29, 0.717) is 11.5 Å². The number of hydrogen-bond acceptors (Lipinski definition) is 3. The van der Waals surface area contributed by atoms with Crippen LogP contribution >= 0.6 is 0 Å². The van der Waals surface area contributed by atoms with Gasteiger partial charge in [-0.25, -0.2) is 0 Å². The van der Waals surface area contributed by atoms with Gasteiger partial charge in [0.1, 0.15) is 17.3 Å². The molecule has 0 unspecified atom stereocenters. The summed E-state index contributed by atoms with van der Waals surface area (Å²) in [5, 5.41) is 9.45. The third-order valence-electron chi connectivity index (χ3n) is 2.69. The maximum atomic E-state index is 11.4. The zero-order valence-corrected chi connectivity index (χ0v) is 10.3. The highest BCUT2D eigenvalue weighted by molar-refractivity contribution is 6.02. The van der Waals surface area contributed by atoms with E-state index < -0.39 is 0 Å². The molecule has 3 heteroatoms. The van der Waals surface area contributed by atoms with Crippen LogP contribution < -0.4 is 4.74 Å². The van der Waals surface area contributed by atoms with Crippen LogP contribution in [0.1, 0.15) is 12.5 Å². The molecule has 0 amide bonds. The van der Waals surface area contributed by atoms with Crippen molar-refractivity contribution in [1.82, 2.24) is 0 Å². The van der Waals surface area contributed by atoms with Crippen LogP contribution in [-0.2, 0) is 4.79 Å². The number of phenols is 1. The summed E-state index contributed by atoms with van der Waals surface area (Å²) in [6.07, 6.45) is 6.53. The molecule has 92 valence electrons. The molecule has 1 aliphatic rings. The molecule has 0 radical (unpaired) electrons. The summed E-state index contributed by atoms with van der Waals surface area (Å²) in [6.45, 7) is 3.76. The normalized spacial score (nSPS) is 16.9. The Morgan fingerprint density at radius 3 is 2.78 bits per heavy atom.